The third-order valence-electron chi connectivity index (χ3n) is 2.84. The predicted molar refractivity (Wildman–Crippen MR) is 55.2 cm³/mol. The van der Waals surface area contributed by atoms with Crippen molar-refractivity contribution in [3.05, 3.63) is 40.5 Å². The highest BCUT2D eigenvalue weighted by Gasteiger charge is 2.26. The van der Waals surface area contributed by atoms with E-state index in [-0.39, 0.29) is 5.92 Å². The van der Waals surface area contributed by atoms with Crippen molar-refractivity contribution in [1.82, 2.24) is 0 Å². The van der Waals surface area contributed by atoms with Gasteiger partial charge in [-0.1, -0.05) is 25.1 Å². The van der Waals surface area contributed by atoms with E-state index in [0.717, 1.165) is 16.7 Å². The van der Waals surface area contributed by atoms with Crippen LogP contribution in [0, 0.1) is 6.92 Å². The second kappa shape index (κ2) is 2.98. The summed E-state index contributed by atoms with van der Waals surface area (Å²) < 4.78 is 0. The van der Waals surface area contributed by atoms with E-state index < -0.39 is 5.97 Å². The molecule has 1 N–H and O–H groups in total. The molecule has 0 aromatic heterocycles. The van der Waals surface area contributed by atoms with Crippen LogP contribution in [-0.2, 0) is 4.79 Å². The standard InChI is InChI=1S/C12H12O2/c1-7-4-3-5-9-8(2)11(12(13)14)6-10(7)9/h3-6,8H,1-2H3,(H,13,14). The van der Waals surface area contributed by atoms with Crippen LogP contribution in [0.2, 0.25) is 0 Å². The van der Waals surface area contributed by atoms with Crippen molar-refractivity contribution in [2.75, 3.05) is 0 Å². The summed E-state index contributed by atoms with van der Waals surface area (Å²) in [6.45, 7) is 3.94. The number of rotatable bonds is 1. The minimum absolute atomic E-state index is 0.0161. The molecule has 1 aromatic carbocycles. The Bertz CT molecular complexity index is 430. The lowest BCUT2D eigenvalue weighted by Crippen LogP contribution is -2.04. The number of carboxylic acid groups (broad SMARTS) is 1. The van der Waals surface area contributed by atoms with Gasteiger partial charge in [0.15, 0.2) is 0 Å². The van der Waals surface area contributed by atoms with E-state index in [1.807, 2.05) is 32.0 Å². The molecule has 1 aliphatic rings. The minimum atomic E-state index is -0.812. The topological polar surface area (TPSA) is 37.3 Å². The summed E-state index contributed by atoms with van der Waals surface area (Å²) >= 11 is 0. The molecule has 0 fully saturated rings. The Morgan fingerprint density at radius 1 is 1.43 bits per heavy atom. The average Bonchev–Trinajstić information content (AvgIpc) is 2.46. The molecule has 0 heterocycles. The Kier molecular flexibility index (Phi) is 1.92. The van der Waals surface area contributed by atoms with E-state index >= 15 is 0 Å². The number of hydrogen-bond donors (Lipinski definition) is 1. The van der Waals surface area contributed by atoms with Gasteiger partial charge in [0.25, 0.3) is 0 Å². The Labute approximate surface area is 82.9 Å². The van der Waals surface area contributed by atoms with Crippen LogP contribution in [0.1, 0.15) is 29.5 Å². The molecule has 1 aliphatic carbocycles. The third kappa shape index (κ3) is 1.15. The van der Waals surface area contributed by atoms with Gasteiger partial charge in [-0.15, -0.1) is 0 Å². The maximum atomic E-state index is 10.9. The molecule has 1 unspecified atom stereocenters. The summed E-state index contributed by atoms with van der Waals surface area (Å²) in [5.41, 5.74) is 3.85. The van der Waals surface area contributed by atoms with E-state index in [0.29, 0.717) is 5.57 Å². The smallest absolute Gasteiger partial charge is 0.332 e. The van der Waals surface area contributed by atoms with E-state index in [4.69, 9.17) is 5.11 Å². The molecule has 0 bridgehead atoms. The zero-order valence-corrected chi connectivity index (χ0v) is 8.24. The summed E-state index contributed by atoms with van der Waals surface area (Å²) in [7, 11) is 0. The van der Waals surface area contributed by atoms with Crippen molar-refractivity contribution in [2.24, 2.45) is 0 Å². The number of aliphatic carboxylic acids is 1. The van der Waals surface area contributed by atoms with Gasteiger partial charge in [0, 0.05) is 11.5 Å². The minimum Gasteiger partial charge on any atom is -0.478 e. The maximum absolute atomic E-state index is 10.9. The number of carboxylic acids is 1. The van der Waals surface area contributed by atoms with E-state index in [1.165, 1.54) is 0 Å². The number of benzene rings is 1. The molecule has 2 nitrogen and oxygen atoms in total. The largest absolute Gasteiger partial charge is 0.478 e. The van der Waals surface area contributed by atoms with Crippen LogP contribution in [-0.4, -0.2) is 11.1 Å². The number of carbonyl (C=O) groups is 1. The van der Waals surface area contributed by atoms with Crippen molar-refractivity contribution < 1.29 is 9.90 Å². The Morgan fingerprint density at radius 2 is 2.14 bits per heavy atom. The molecule has 0 radical (unpaired) electrons. The molecule has 0 amide bonds. The summed E-state index contributed by atoms with van der Waals surface area (Å²) in [5.74, 6) is -0.796. The van der Waals surface area contributed by atoms with E-state index in [9.17, 15) is 4.79 Å². The van der Waals surface area contributed by atoms with Gasteiger partial charge in [-0.25, -0.2) is 4.79 Å². The van der Waals surface area contributed by atoms with Crippen molar-refractivity contribution in [3.8, 4) is 0 Å². The zero-order valence-electron chi connectivity index (χ0n) is 8.24. The predicted octanol–water partition coefficient (Wildman–Crippen LogP) is 2.58. The van der Waals surface area contributed by atoms with Gasteiger partial charge >= 0.3 is 5.97 Å². The highest BCUT2D eigenvalue weighted by atomic mass is 16.4. The number of hydrogen-bond acceptors (Lipinski definition) is 1. The van der Waals surface area contributed by atoms with Gasteiger partial charge < -0.3 is 5.11 Å². The van der Waals surface area contributed by atoms with Crippen LogP contribution in [0.15, 0.2) is 23.8 Å². The quantitative estimate of drug-likeness (QED) is 0.735. The lowest BCUT2D eigenvalue weighted by atomic mass is 9.96. The fraction of sp³-hybridized carbons (Fsp3) is 0.250. The van der Waals surface area contributed by atoms with E-state index in [1.54, 1.807) is 6.08 Å². The molecule has 14 heavy (non-hydrogen) atoms. The fourth-order valence-electron chi connectivity index (χ4n) is 1.97. The molecule has 1 aromatic rings. The van der Waals surface area contributed by atoms with Gasteiger partial charge in [0.05, 0.1) is 0 Å². The molecule has 72 valence electrons. The molecule has 0 spiro atoms. The van der Waals surface area contributed by atoms with Crippen molar-refractivity contribution in [3.63, 3.8) is 0 Å². The summed E-state index contributed by atoms with van der Waals surface area (Å²) in [6.07, 6.45) is 1.79. The van der Waals surface area contributed by atoms with Crippen LogP contribution in [0.4, 0.5) is 0 Å². The molecule has 2 rings (SSSR count). The zero-order chi connectivity index (χ0) is 10.3. The van der Waals surface area contributed by atoms with Crippen molar-refractivity contribution >= 4 is 12.0 Å². The number of fused-ring (bicyclic) bond motifs is 1. The molecule has 0 saturated heterocycles. The fourth-order valence-corrected chi connectivity index (χ4v) is 1.97. The van der Waals surface area contributed by atoms with Gasteiger partial charge in [-0.05, 0) is 29.7 Å². The first-order valence-electron chi connectivity index (χ1n) is 4.65. The highest BCUT2D eigenvalue weighted by Crippen LogP contribution is 2.37. The van der Waals surface area contributed by atoms with Crippen LogP contribution in [0.25, 0.3) is 6.08 Å². The molecular formula is C12H12O2. The van der Waals surface area contributed by atoms with Crippen LogP contribution in [0.5, 0.6) is 0 Å². The Balaban J connectivity index is 2.58. The monoisotopic (exact) mass is 188 g/mol. The molecule has 0 aliphatic heterocycles. The molecule has 2 heteroatoms. The second-order valence-corrected chi connectivity index (χ2v) is 3.70. The normalized spacial score (nSPS) is 19.0. The van der Waals surface area contributed by atoms with Crippen molar-refractivity contribution in [1.29, 1.82) is 0 Å². The van der Waals surface area contributed by atoms with Gasteiger partial charge in [-0.3, -0.25) is 0 Å². The van der Waals surface area contributed by atoms with Crippen molar-refractivity contribution in [2.45, 2.75) is 19.8 Å². The summed E-state index contributed by atoms with van der Waals surface area (Å²) in [6, 6.07) is 5.98. The van der Waals surface area contributed by atoms with Gasteiger partial charge in [0.1, 0.15) is 0 Å². The number of aryl methyl sites for hydroxylation is 1. The lowest BCUT2D eigenvalue weighted by molar-refractivity contribution is -0.132. The average molecular weight is 188 g/mol. The molecule has 0 saturated carbocycles. The summed E-state index contributed by atoms with van der Waals surface area (Å²) in [4.78, 5) is 10.9. The first-order valence-corrected chi connectivity index (χ1v) is 4.65. The Hall–Kier alpha value is -1.57. The third-order valence-corrected chi connectivity index (χ3v) is 2.84. The first-order chi connectivity index (χ1) is 6.61. The SMILES string of the molecule is Cc1cccc2c1C=C(C(=O)O)C2C. The lowest BCUT2D eigenvalue weighted by Gasteiger charge is -2.07. The first kappa shape index (κ1) is 9.00. The van der Waals surface area contributed by atoms with Crippen LogP contribution < -0.4 is 0 Å². The van der Waals surface area contributed by atoms with E-state index in [2.05, 4.69) is 0 Å². The highest BCUT2D eigenvalue weighted by molar-refractivity contribution is 5.97. The van der Waals surface area contributed by atoms with Crippen LogP contribution in [0.3, 0.4) is 0 Å². The van der Waals surface area contributed by atoms with Crippen LogP contribution >= 0.6 is 0 Å². The Morgan fingerprint density at radius 3 is 2.71 bits per heavy atom. The molecule has 1 atom stereocenters. The summed E-state index contributed by atoms with van der Waals surface area (Å²) in [5, 5.41) is 8.98. The molecular weight excluding hydrogens is 176 g/mol. The van der Waals surface area contributed by atoms with Gasteiger partial charge in [-0.2, -0.15) is 0 Å². The second-order valence-electron chi connectivity index (χ2n) is 3.70. The maximum Gasteiger partial charge on any atom is 0.332 e. The van der Waals surface area contributed by atoms with Gasteiger partial charge in [0.2, 0.25) is 0 Å².